The van der Waals surface area contributed by atoms with Gasteiger partial charge in [-0.25, -0.2) is 23.4 Å². The maximum Gasteiger partial charge on any atom is 0.451 e. The van der Waals surface area contributed by atoms with Gasteiger partial charge in [-0.3, -0.25) is 4.79 Å². The Kier molecular flexibility index (Phi) is 6.78. The summed E-state index contributed by atoms with van der Waals surface area (Å²) >= 11 is 1.36. The minimum atomic E-state index is -4.68. The first-order valence-electron chi connectivity index (χ1n) is 11.7. The molecule has 1 amide bonds. The van der Waals surface area contributed by atoms with Crippen LogP contribution in [-0.2, 0) is 20.9 Å². The van der Waals surface area contributed by atoms with Crippen LogP contribution in [0, 0.1) is 12.3 Å². The largest absolute Gasteiger partial charge is 0.451 e. The molecular formula is C24H24F3N5O4S2. The fraction of sp³-hybridized carbons (Fsp3) is 0.417. The molecule has 2 aromatic heterocycles. The summed E-state index contributed by atoms with van der Waals surface area (Å²) in [6.07, 6.45) is -0.221. The van der Waals surface area contributed by atoms with Crippen molar-refractivity contribution < 1.29 is 31.1 Å². The lowest BCUT2D eigenvalue weighted by Crippen LogP contribution is -2.58. The highest BCUT2D eigenvalue weighted by Gasteiger charge is 2.50. The predicted molar refractivity (Wildman–Crippen MR) is 132 cm³/mol. The third-order valence-corrected chi connectivity index (χ3v) is 9.39. The first-order chi connectivity index (χ1) is 17.9. The normalized spacial score (nSPS) is 18.3. The molecule has 0 aliphatic carbocycles. The molecule has 38 heavy (non-hydrogen) atoms. The van der Waals surface area contributed by atoms with Crippen molar-refractivity contribution in [3.05, 3.63) is 58.6 Å². The standard InChI is InChI=1S/C24H24F3N5O4S2/c1-14-8-28-21(37-14)17-5-16(20(33)31-15(2)18-9-29-22(30-10-18)24(25,26)27)6-19(7-17)38(34,35)32-11-23(12-32)3-4-36-13-23/h5-10,15H,3-4,11-13H2,1-2H3,(H,31,33)/t15-/m1/s1. The van der Waals surface area contributed by atoms with Gasteiger partial charge in [0, 0.05) is 65.3 Å². The second kappa shape index (κ2) is 9.67. The van der Waals surface area contributed by atoms with E-state index >= 15 is 0 Å². The number of sulfonamides is 1. The van der Waals surface area contributed by atoms with Crippen LogP contribution in [0.4, 0.5) is 13.2 Å². The molecule has 2 aliphatic rings. The van der Waals surface area contributed by atoms with Crippen LogP contribution in [0.1, 0.15) is 46.0 Å². The minimum absolute atomic E-state index is 0.0349. The Morgan fingerprint density at radius 1 is 1.16 bits per heavy atom. The molecule has 1 N–H and O–H groups in total. The molecular weight excluding hydrogens is 543 g/mol. The van der Waals surface area contributed by atoms with Gasteiger partial charge in [0.05, 0.1) is 17.5 Å². The van der Waals surface area contributed by atoms with Crippen LogP contribution >= 0.6 is 11.3 Å². The summed E-state index contributed by atoms with van der Waals surface area (Å²) in [5, 5.41) is 3.25. The van der Waals surface area contributed by atoms with Crippen LogP contribution in [0.2, 0.25) is 0 Å². The average Bonchev–Trinajstić information content (AvgIpc) is 3.52. The number of halogens is 3. The zero-order chi connectivity index (χ0) is 27.3. The lowest BCUT2D eigenvalue weighted by atomic mass is 9.81. The molecule has 0 saturated carbocycles. The molecule has 2 saturated heterocycles. The fourth-order valence-corrected chi connectivity index (χ4v) is 6.97. The second-order valence-corrected chi connectivity index (χ2v) is 12.8. The molecule has 3 aromatic rings. The first kappa shape index (κ1) is 26.7. The summed E-state index contributed by atoms with van der Waals surface area (Å²) in [5.41, 5.74) is 0.652. The summed E-state index contributed by atoms with van der Waals surface area (Å²) in [4.78, 5) is 25.1. The van der Waals surface area contributed by atoms with E-state index in [1.807, 2.05) is 6.92 Å². The van der Waals surface area contributed by atoms with E-state index in [0.717, 1.165) is 23.7 Å². The summed E-state index contributed by atoms with van der Waals surface area (Å²) in [6, 6.07) is 3.62. The number of amides is 1. The van der Waals surface area contributed by atoms with Crippen LogP contribution in [0.15, 0.2) is 41.7 Å². The van der Waals surface area contributed by atoms with Crippen LogP contribution in [0.25, 0.3) is 10.6 Å². The van der Waals surface area contributed by atoms with E-state index in [0.29, 0.717) is 36.9 Å². The van der Waals surface area contributed by atoms with Crippen LogP contribution < -0.4 is 5.32 Å². The van der Waals surface area contributed by atoms with Crippen molar-refractivity contribution in [3.8, 4) is 10.6 Å². The Labute approximate surface area is 221 Å². The number of nitrogens with one attached hydrogen (secondary N) is 1. The Hall–Kier alpha value is -2.94. The molecule has 2 fully saturated rings. The van der Waals surface area contributed by atoms with Gasteiger partial charge in [0.25, 0.3) is 5.91 Å². The number of benzene rings is 1. The lowest BCUT2D eigenvalue weighted by molar-refractivity contribution is -0.145. The Balaban J connectivity index is 1.42. The van der Waals surface area contributed by atoms with Crippen LogP contribution in [0.3, 0.4) is 0 Å². The number of nitrogens with zero attached hydrogens (tertiary/aromatic N) is 4. The number of rotatable bonds is 6. The first-order valence-corrected chi connectivity index (χ1v) is 14.0. The highest BCUT2D eigenvalue weighted by molar-refractivity contribution is 7.89. The van der Waals surface area contributed by atoms with Crippen molar-refractivity contribution >= 4 is 27.3 Å². The fourth-order valence-electron chi connectivity index (χ4n) is 4.48. The van der Waals surface area contributed by atoms with Gasteiger partial charge in [-0.05, 0) is 38.5 Å². The number of carbonyl (C=O) groups excluding carboxylic acids is 1. The quantitative estimate of drug-likeness (QED) is 0.482. The molecule has 1 spiro atoms. The van der Waals surface area contributed by atoms with Gasteiger partial charge in [0.2, 0.25) is 15.8 Å². The number of aromatic nitrogens is 3. The Morgan fingerprint density at radius 3 is 2.45 bits per heavy atom. The Morgan fingerprint density at radius 2 is 1.87 bits per heavy atom. The van der Waals surface area contributed by atoms with Gasteiger partial charge in [-0.1, -0.05) is 0 Å². The molecule has 2 aliphatic heterocycles. The van der Waals surface area contributed by atoms with E-state index in [1.54, 1.807) is 19.2 Å². The van der Waals surface area contributed by atoms with Crippen LogP contribution in [-0.4, -0.2) is 59.9 Å². The maximum absolute atomic E-state index is 13.5. The molecule has 5 rings (SSSR count). The number of hydrogen-bond acceptors (Lipinski definition) is 8. The zero-order valence-electron chi connectivity index (χ0n) is 20.4. The smallest absolute Gasteiger partial charge is 0.381 e. The lowest BCUT2D eigenvalue weighted by Gasteiger charge is -2.45. The number of aryl methyl sites for hydroxylation is 1. The highest BCUT2D eigenvalue weighted by Crippen LogP contribution is 2.41. The van der Waals surface area contributed by atoms with Crippen LogP contribution in [0.5, 0.6) is 0 Å². The summed E-state index contributed by atoms with van der Waals surface area (Å²) in [5.74, 6) is -1.88. The molecule has 9 nitrogen and oxygen atoms in total. The van der Waals surface area contributed by atoms with E-state index in [9.17, 15) is 26.4 Å². The molecule has 202 valence electrons. The predicted octanol–water partition coefficient (Wildman–Crippen LogP) is 3.83. The van der Waals surface area contributed by atoms with Crippen molar-refractivity contribution in [2.24, 2.45) is 5.41 Å². The number of thiazole rings is 1. The van der Waals surface area contributed by atoms with Gasteiger partial charge in [-0.15, -0.1) is 11.3 Å². The van der Waals surface area contributed by atoms with Gasteiger partial charge in [-0.2, -0.15) is 17.5 Å². The van der Waals surface area contributed by atoms with Gasteiger partial charge in [0.1, 0.15) is 5.01 Å². The number of carbonyl (C=O) groups is 1. The van der Waals surface area contributed by atoms with Crippen molar-refractivity contribution in [2.45, 2.75) is 37.4 Å². The average molecular weight is 568 g/mol. The van der Waals surface area contributed by atoms with Gasteiger partial charge < -0.3 is 10.1 Å². The summed E-state index contributed by atoms with van der Waals surface area (Å²) < 4.78 is 72.2. The summed E-state index contributed by atoms with van der Waals surface area (Å²) in [7, 11) is -3.90. The van der Waals surface area contributed by atoms with Crippen molar-refractivity contribution in [3.63, 3.8) is 0 Å². The SMILES string of the molecule is Cc1cnc(-c2cc(C(=O)N[C@H](C)c3cnc(C(F)(F)F)nc3)cc(S(=O)(=O)N3CC4(CCOC4)C3)c2)s1. The molecule has 4 heterocycles. The van der Waals surface area contributed by atoms with E-state index < -0.39 is 34.0 Å². The third kappa shape index (κ3) is 5.17. The third-order valence-electron chi connectivity index (χ3n) is 6.66. The minimum Gasteiger partial charge on any atom is -0.381 e. The van der Waals surface area contributed by atoms with E-state index in [4.69, 9.17) is 4.74 Å². The molecule has 0 radical (unpaired) electrons. The monoisotopic (exact) mass is 567 g/mol. The van der Waals surface area contributed by atoms with E-state index in [-0.39, 0.29) is 21.4 Å². The highest BCUT2D eigenvalue weighted by atomic mass is 32.2. The van der Waals surface area contributed by atoms with Crippen molar-refractivity contribution in [2.75, 3.05) is 26.3 Å². The number of ether oxygens (including phenoxy) is 1. The van der Waals surface area contributed by atoms with Gasteiger partial charge in [0.15, 0.2) is 0 Å². The number of alkyl halides is 3. The number of hydrogen-bond donors (Lipinski definition) is 1. The van der Waals surface area contributed by atoms with Crippen molar-refractivity contribution in [1.82, 2.24) is 24.6 Å². The molecule has 0 unspecified atom stereocenters. The second-order valence-electron chi connectivity index (χ2n) is 9.63. The maximum atomic E-state index is 13.5. The zero-order valence-corrected chi connectivity index (χ0v) is 22.1. The molecule has 14 heteroatoms. The summed E-state index contributed by atoms with van der Waals surface area (Å²) in [6.45, 7) is 5.27. The van der Waals surface area contributed by atoms with Crippen molar-refractivity contribution in [1.29, 1.82) is 0 Å². The van der Waals surface area contributed by atoms with E-state index in [1.165, 1.54) is 27.8 Å². The molecule has 1 aromatic carbocycles. The molecule has 1 atom stereocenters. The molecule has 0 bridgehead atoms. The van der Waals surface area contributed by atoms with E-state index in [2.05, 4.69) is 20.3 Å². The topological polar surface area (TPSA) is 114 Å². The Bertz CT molecular complexity index is 1460. The van der Waals surface area contributed by atoms with Gasteiger partial charge >= 0.3 is 6.18 Å².